The molecule has 0 bridgehead atoms. The minimum Gasteiger partial charge on any atom is -0.380 e. The van der Waals surface area contributed by atoms with Gasteiger partial charge in [0.2, 0.25) is 0 Å². The molecular formula is C15H12BrFN2. The zero-order valence-corrected chi connectivity index (χ0v) is 11.7. The Bertz CT molecular complexity index is 721. The lowest BCUT2D eigenvalue weighted by atomic mass is 10.1. The maximum atomic E-state index is 13.2. The Kier molecular flexibility index (Phi) is 3.25. The molecule has 2 nitrogen and oxygen atoms in total. The molecule has 0 amide bonds. The first-order valence-corrected chi connectivity index (χ1v) is 6.76. The Morgan fingerprint density at radius 3 is 2.89 bits per heavy atom. The molecule has 0 aliphatic heterocycles. The Hall–Kier alpha value is -1.81. The van der Waals surface area contributed by atoms with E-state index in [1.54, 1.807) is 6.07 Å². The van der Waals surface area contributed by atoms with E-state index in [0.717, 1.165) is 21.2 Å². The van der Waals surface area contributed by atoms with Gasteiger partial charge in [-0.1, -0.05) is 6.07 Å². The summed E-state index contributed by atoms with van der Waals surface area (Å²) in [5.74, 6) is -0.244. The van der Waals surface area contributed by atoms with Gasteiger partial charge in [0, 0.05) is 22.7 Å². The Morgan fingerprint density at radius 2 is 2.00 bits per heavy atom. The highest BCUT2D eigenvalue weighted by Crippen LogP contribution is 2.24. The second-order valence-electron chi connectivity index (χ2n) is 4.38. The third kappa shape index (κ3) is 2.63. The van der Waals surface area contributed by atoms with E-state index in [1.807, 2.05) is 18.3 Å². The molecule has 0 spiro atoms. The standard InChI is InChI=1S/C15H12BrFN2/c16-13-3-2-12(17)8-15(13)19-9-10-1-4-14-11(7-10)5-6-18-14/h1-8,18-19H,9H2. The summed E-state index contributed by atoms with van der Waals surface area (Å²) in [6, 6.07) is 12.9. The van der Waals surface area contributed by atoms with Crippen molar-refractivity contribution in [1.82, 2.24) is 4.98 Å². The molecule has 0 atom stereocenters. The Balaban J connectivity index is 1.79. The summed E-state index contributed by atoms with van der Waals surface area (Å²) in [5.41, 5.74) is 3.04. The van der Waals surface area contributed by atoms with Crippen molar-refractivity contribution in [3.8, 4) is 0 Å². The molecular weight excluding hydrogens is 307 g/mol. The highest BCUT2D eigenvalue weighted by atomic mass is 79.9. The van der Waals surface area contributed by atoms with E-state index in [4.69, 9.17) is 0 Å². The van der Waals surface area contributed by atoms with E-state index < -0.39 is 0 Å². The summed E-state index contributed by atoms with van der Waals surface area (Å²) in [7, 11) is 0. The van der Waals surface area contributed by atoms with Crippen molar-refractivity contribution in [3.63, 3.8) is 0 Å². The van der Waals surface area contributed by atoms with Gasteiger partial charge in [-0.15, -0.1) is 0 Å². The van der Waals surface area contributed by atoms with E-state index in [2.05, 4.69) is 38.4 Å². The number of benzene rings is 2. The summed E-state index contributed by atoms with van der Waals surface area (Å²) in [6.07, 6.45) is 1.92. The number of nitrogens with one attached hydrogen (secondary N) is 2. The van der Waals surface area contributed by atoms with Crippen molar-refractivity contribution in [2.75, 3.05) is 5.32 Å². The lowest BCUT2D eigenvalue weighted by Gasteiger charge is -2.09. The minimum absolute atomic E-state index is 0.244. The van der Waals surface area contributed by atoms with Crippen LogP contribution in [-0.4, -0.2) is 4.98 Å². The second-order valence-corrected chi connectivity index (χ2v) is 5.23. The van der Waals surface area contributed by atoms with Crippen LogP contribution >= 0.6 is 15.9 Å². The fourth-order valence-corrected chi connectivity index (χ4v) is 2.43. The fraction of sp³-hybridized carbons (Fsp3) is 0.0667. The number of halogens is 2. The van der Waals surface area contributed by atoms with Crippen LogP contribution in [-0.2, 0) is 6.54 Å². The smallest absolute Gasteiger partial charge is 0.125 e. The summed E-state index contributed by atoms with van der Waals surface area (Å²) < 4.78 is 14.0. The van der Waals surface area contributed by atoms with Gasteiger partial charge in [0.15, 0.2) is 0 Å². The molecule has 1 heterocycles. The molecule has 0 saturated carbocycles. The molecule has 0 radical (unpaired) electrons. The van der Waals surface area contributed by atoms with Crippen molar-refractivity contribution in [3.05, 3.63) is 64.5 Å². The van der Waals surface area contributed by atoms with Gasteiger partial charge in [-0.3, -0.25) is 0 Å². The summed E-state index contributed by atoms with van der Waals surface area (Å²) in [6.45, 7) is 0.656. The molecule has 3 rings (SSSR count). The monoisotopic (exact) mass is 318 g/mol. The molecule has 0 fully saturated rings. The van der Waals surface area contributed by atoms with Gasteiger partial charge >= 0.3 is 0 Å². The van der Waals surface area contributed by atoms with E-state index in [1.165, 1.54) is 17.5 Å². The summed E-state index contributed by atoms with van der Waals surface area (Å²) >= 11 is 3.40. The molecule has 0 saturated heterocycles. The van der Waals surface area contributed by atoms with Crippen LogP contribution in [0, 0.1) is 5.82 Å². The zero-order valence-electron chi connectivity index (χ0n) is 10.1. The van der Waals surface area contributed by atoms with Crippen molar-refractivity contribution < 1.29 is 4.39 Å². The van der Waals surface area contributed by atoms with Crippen LogP contribution in [0.5, 0.6) is 0 Å². The van der Waals surface area contributed by atoms with Crippen molar-refractivity contribution in [1.29, 1.82) is 0 Å². The van der Waals surface area contributed by atoms with Crippen LogP contribution in [0.4, 0.5) is 10.1 Å². The maximum absolute atomic E-state index is 13.2. The van der Waals surface area contributed by atoms with Crippen LogP contribution < -0.4 is 5.32 Å². The van der Waals surface area contributed by atoms with Gasteiger partial charge < -0.3 is 10.3 Å². The number of anilines is 1. The number of hydrogen-bond acceptors (Lipinski definition) is 1. The summed E-state index contributed by atoms with van der Waals surface area (Å²) in [5, 5.41) is 4.41. The van der Waals surface area contributed by atoms with Gasteiger partial charge in [0.25, 0.3) is 0 Å². The normalized spacial score (nSPS) is 10.8. The topological polar surface area (TPSA) is 27.8 Å². The first kappa shape index (κ1) is 12.2. The molecule has 4 heteroatoms. The van der Waals surface area contributed by atoms with Crippen LogP contribution in [0.2, 0.25) is 0 Å². The molecule has 96 valence electrons. The average Bonchev–Trinajstić information content (AvgIpc) is 2.87. The molecule has 3 aromatic rings. The number of hydrogen-bond donors (Lipinski definition) is 2. The predicted octanol–water partition coefficient (Wildman–Crippen LogP) is 4.68. The van der Waals surface area contributed by atoms with Crippen molar-refractivity contribution in [2.24, 2.45) is 0 Å². The quantitative estimate of drug-likeness (QED) is 0.721. The molecule has 1 aromatic heterocycles. The lowest BCUT2D eigenvalue weighted by molar-refractivity contribution is 0.628. The number of rotatable bonds is 3. The lowest BCUT2D eigenvalue weighted by Crippen LogP contribution is -2.00. The second kappa shape index (κ2) is 5.05. The molecule has 19 heavy (non-hydrogen) atoms. The highest BCUT2D eigenvalue weighted by Gasteiger charge is 2.02. The third-order valence-corrected chi connectivity index (χ3v) is 3.72. The Morgan fingerprint density at radius 1 is 1.11 bits per heavy atom. The first-order valence-electron chi connectivity index (χ1n) is 5.97. The third-order valence-electron chi connectivity index (χ3n) is 3.03. The van der Waals surface area contributed by atoms with E-state index in [-0.39, 0.29) is 5.82 Å². The number of aromatic amines is 1. The number of H-pyrrole nitrogens is 1. The van der Waals surface area contributed by atoms with Crippen molar-refractivity contribution >= 4 is 32.5 Å². The van der Waals surface area contributed by atoms with Gasteiger partial charge in [0.1, 0.15) is 5.82 Å². The van der Waals surface area contributed by atoms with Gasteiger partial charge in [0.05, 0.1) is 5.69 Å². The van der Waals surface area contributed by atoms with Crippen molar-refractivity contribution in [2.45, 2.75) is 6.54 Å². The number of fused-ring (bicyclic) bond motifs is 1. The molecule has 0 aliphatic rings. The molecule has 2 aromatic carbocycles. The van der Waals surface area contributed by atoms with Crippen LogP contribution in [0.25, 0.3) is 10.9 Å². The average molecular weight is 319 g/mol. The van der Waals surface area contributed by atoms with Crippen LogP contribution in [0.15, 0.2) is 53.1 Å². The maximum Gasteiger partial charge on any atom is 0.125 e. The van der Waals surface area contributed by atoms with E-state index in [0.29, 0.717) is 6.54 Å². The summed E-state index contributed by atoms with van der Waals surface area (Å²) in [4.78, 5) is 3.16. The minimum atomic E-state index is -0.244. The SMILES string of the molecule is Fc1ccc(Br)c(NCc2ccc3[nH]ccc3c2)c1. The Labute approximate surface area is 118 Å². The predicted molar refractivity (Wildman–Crippen MR) is 79.7 cm³/mol. The van der Waals surface area contributed by atoms with E-state index in [9.17, 15) is 4.39 Å². The van der Waals surface area contributed by atoms with Gasteiger partial charge in [-0.05, 0) is 63.3 Å². The molecule has 2 N–H and O–H groups in total. The zero-order chi connectivity index (χ0) is 13.2. The van der Waals surface area contributed by atoms with E-state index >= 15 is 0 Å². The molecule has 0 unspecified atom stereocenters. The molecule has 0 aliphatic carbocycles. The van der Waals surface area contributed by atoms with Gasteiger partial charge in [-0.2, -0.15) is 0 Å². The highest BCUT2D eigenvalue weighted by molar-refractivity contribution is 9.10. The van der Waals surface area contributed by atoms with Crippen LogP contribution in [0.1, 0.15) is 5.56 Å². The fourth-order valence-electron chi connectivity index (χ4n) is 2.04. The first-order chi connectivity index (χ1) is 9.22. The largest absolute Gasteiger partial charge is 0.380 e. The van der Waals surface area contributed by atoms with Crippen LogP contribution in [0.3, 0.4) is 0 Å². The number of aromatic nitrogens is 1. The van der Waals surface area contributed by atoms with Gasteiger partial charge in [-0.25, -0.2) is 4.39 Å².